The van der Waals surface area contributed by atoms with E-state index in [2.05, 4.69) is 10.3 Å². The van der Waals surface area contributed by atoms with Crippen LogP contribution in [0.25, 0.3) is 11.1 Å². The van der Waals surface area contributed by atoms with Crippen LogP contribution >= 0.6 is 0 Å². The zero-order chi connectivity index (χ0) is 28.0. The lowest BCUT2D eigenvalue weighted by Gasteiger charge is -2.15. The van der Waals surface area contributed by atoms with Crippen molar-refractivity contribution in [2.24, 2.45) is 5.92 Å². The first kappa shape index (κ1) is 27.5. The molecule has 2 heterocycles. The SMILES string of the molecule is O=S(=O)(C[C@@H]1CCNC1)Oc1cc(F)c(-c2ccc(OCc3ccccc3)nc2OCc2ccccc2)c(F)c1. The first-order valence-corrected chi connectivity index (χ1v) is 14.4. The number of halogens is 2. The molecule has 1 atom stereocenters. The number of rotatable bonds is 11. The molecule has 0 bridgehead atoms. The largest absolute Gasteiger partial charge is 0.473 e. The molecule has 1 fully saturated rings. The van der Waals surface area contributed by atoms with Crippen LogP contribution in [0.15, 0.2) is 84.9 Å². The van der Waals surface area contributed by atoms with Crippen molar-refractivity contribution in [1.29, 1.82) is 0 Å². The lowest BCUT2D eigenvalue weighted by Crippen LogP contribution is -2.22. The van der Waals surface area contributed by atoms with Crippen molar-refractivity contribution in [1.82, 2.24) is 10.3 Å². The summed E-state index contributed by atoms with van der Waals surface area (Å²) in [7, 11) is -4.04. The zero-order valence-electron chi connectivity index (χ0n) is 21.6. The Kier molecular flexibility index (Phi) is 8.57. The van der Waals surface area contributed by atoms with Crippen LogP contribution in [0.2, 0.25) is 0 Å². The predicted octanol–water partition coefficient (Wildman–Crippen LogP) is 5.50. The lowest BCUT2D eigenvalue weighted by molar-refractivity contribution is 0.268. The van der Waals surface area contributed by atoms with Crippen LogP contribution in [0.1, 0.15) is 17.5 Å². The van der Waals surface area contributed by atoms with Gasteiger partial charge in [-0.25, -0.2) is 8.78 Å². The topological polar surface area (TPSA) is 86.8 Å². The Bertz CT molecular complexity index is 1520. The van der Waals surface area contributed by atoms with Gasteiger partial charge in [-0.05, 0) is 42.6 Å². The molecule has 3 aromatic carbocycles. The normalized spacial score (nSPS) is 15.1. The fraction of sp³-hybridized carbons (Fsp3) is 0.233. The molecule has 1 N–H and O–H groups in total. The number of nitrogens with zero attached hydrogens (tertiary/aromatic N) is 1. The summed E-state index contributed by atoms with van der Waals surface area (Å²) in [4.78, 5) is 4.39. The number of benzene rings is 3. The van der Waals surface area contributed by atoms with Crippen molar-refractivity contribution in [2.45, 2.75) is 19.6 Å². The molecule has 4 aromatic rings. The summed E-state index contributed by atoms with van der Waals surface area (Å²) in [6, 6.07) is 23.4. The van der Waals surface area contributed by atoms with E-state index in [4.69, 9.17) is 13.7 Å². The molecule has 5 rings (SSSR count). The Morgan fingerprint density at radius 3 is 2.08 bits per heavy atom. The molecular formula is C30H28F2N2O5S. The van der Waals surface area contributed by atoms with Crippen molar-refractivity contribution in [3.63, 3.8) is 0 Å². The predicted molar refractivity (Wildman–Crippen MR) is 147 cm³/mol. The summed E-state index contributed by atoms with van der Waals surface area (Å²) in [5, 5.41) is 3.08. The van der Waals surface area contributed by atoms with Crippen LogP contribution in [0, 0.1) is 17.6 Å². The molecule has 0 spiro atoms. The summed E-state index contributed by atoms with van der Waals surface area (Å²) in [5.41, 5.74) is 1.38. The van der Waals surface area contributed by atoms with E-state index in [1.165, 1.54) is 12.1 Å². The van der Waals surface area contributed by atoms with Crippen molar-refractivity contribution >= 4 is 10.1 Å². The van der Waals surface area contributed by atoms with E-state index in [9.17, 15) is 8.42 Å². The molecule has 0 saturated carbocycles. The van der Waals surface area contributed by atoms with Gasteiger partial charge in [-0.15, -0.1) is 0 Å². The van der Waals surface area contributed by atoms with Gasteiger partial charge in [0.05, 0.1) is 16.9 Å². The minimum absolute atomic E-state index is 0.0396. The van der Waals surface area contributed by atoms with Gasteiger partial charge in [0.1, 0.15) is 30.6 Å². The standard InChI is InChI=1S/C30H28F2N2O5S/c31-26-15-24(39-40(35,36)20-23-13-14-33-17-23)16-27(32)29(26)25-11-12-28(37-18-21-7-3-1-4-8-21)34-30(25)38-19-22-9-5-2-6-10-22/h1-12,15-16,23,33H,13-14,17-20H2/t23-/m1/s1. The monoisotopic (exact) mass is 566 g/mol. The third-order valence-electron chi connectivity index (χ3n) is 6.39. The second-order valence-corrected chi connectivity index (χ2v) is 11.1. The highest BCUT2D eigenvalue weighted by atomic mass is 32.2. The maximum absolute atomic E-state index is 15.4. The minimum atomic E-state index is -4.04. The molecule has 1 aromatic heterocycles. The summed E-state index contributed by atoms with van der Waals surface area (Å²) < 4.78 is 72.4. The van der Waals surface area contributed by atoms with Gasteiger partial charge < -0.3 is 19.0 Å². The van der Waals surface area contributed by atoms with E-state index < -0.39 is 33.1 Å². The Morgan fingerprint density at radius 2 is 1.48 bits per heavy atom. The van der Waals surface area contributed by atoms with E-state index >= 15 is 8.78 Å². The molecule has 7 nitrogen and oxygen atoms in total. The van der Waals surface area contributed by atoms with Gasteiger partial charge in [0.15, 0.2) is 0 Å². The van der Waals surface area contributed by atoms with Gasteiger partial charge in [0.25, 0.3) is 0 Å². The van der Waals surface area contributed by atoms with Crippen LogP contribution in [-0.4, -0.2) is 32.2 Å². The van der Waals surface area contributed by atoms with Crippen LogP contribution in [0.5, 0.6) is 17.5 Å². The molecule has 10 heteroatoms. The van der Waals surface area contributed by atoms with Gasteiger partial charge in [-0.3, -0.25) is 0 Å². The van der Waals surface area contributed by atoms with Gasteiger partial charge in [0.2, 0.25) is 11.8 Å². The maximum atomic E-state index is 15.4. The molecule has 208 valence electrons. The van der Waals surface area contributed by atoms with Gasteiger partial charge in [-0.2, -0.15) is 13.4 Å². The Hall–Kier alpha value is -4.02. The molecule has 0 unspecified atom stereocenters. The third kappa shape index (κ3) is 7.13. The number of nitrogens with one attached hydrogen (secondary N) is 1. The molecule has 0 radical (unpaired) electrons. The van der Waals surface area contributed by atoms with Crippen LogP contribution < -0.4 is 19.0 Å². The maximum Gasteiger partial charge on any atom is 0.309 e. The Labute approximate surface area is 231 Å². The van der Waals surface area contributed by atoms with E-state index in [0.29, 0.717) is 13.0 Å². The average molecular weight is 567 g/mol. The summed E-state index contributed by atoms with van der Waals surface area (Å²) >= 11 is 0. The van der Waals surface area contributed by atoms with Gasteiger partial charge in [0, 0.05) is 18.2 Å². The molecule has 40 heavy (non-hydrogen) atoms. The van der Waals surface area contributed by atoms with Crippen molar-refractivity contribution in [2.75, 3.05) is 18.8 Å². The van der Waals surface area contributed by atoms with E-state index in [-0.39, 0.29) is 42.2 Å². The van der Waals surface area contributed by atoms with Gasteiger partial charge in [-0.1, -0.05) is 60.7 Å². The van der Waals surface area contributed by atoms with E-state index in [0.717, 1.165) is 29.8 Å². The molecule has 1 aliphatic heterocycles. The minimum Gasteiger partial charge on any atom is -0.473 e. The molecular weight excluding hydrogens is 538 g/mol. The Balaban J connectivity index is 1.41. The van der Waals surface area contributed by atoms with Crippen LogP contribution in [-0.2, 0) is 23.3 Å². The number of hydrogen-bond acceptors (Lipinski definition) is 7. The second-order valence-electron chi connectivity index (χ2n) is 9.48. The highest BCUT2D eigenvalue weighted by Crippen LogP contribution is 2.37. The molecule has 1 aliphatic rings. The first-order valence-electron chi connectivity index (χ1n) is 12.8. The van der Waals surface area contributed by atoms with Gasteiger partial charge >= 0.3 is 10.1 Å². The lowest BCUT2D eigenvalue weighted by atomic mass is 10.1. The second kappa shape index (κ2) is 12.4. The molecule has 0 aliphatic carbocycles. The fourth-order valence-corrected chi connectivity index (χ4v) is 5.76. The zero-order valence-corrected chi connectivity index (χ0v) is 22.4. The molecule has 1 saturated heterocycles. The number of pyridine rings is 1. The highest BCUT2D eigenvalue weighted by molar-refractivity contribution is 7.87. The average Bonchev–Trinajstić information content (AvgIpc) is 3.44. The fourth-order valence-electron chi connectivity index (χ4n) is 4.44. The number of aromatic nitrogens is 1. The summed E-state index contributed by atoms with van der Waals surface area (Å²) in [6.45, 7) is 1.61. The summed E-state index contributed by atoms with van der Waals surface area (Å²) in [6.07, 6.45) is 0.689. The van der Waals surface area contributed by atoms with Crippen molar-refractivity contribution < 1.29 is 30.9 Å². The molecule has 0 amide bonds. The van der Waals surface area contributed by atoms with E-state index in [1.807, 2.05) is 60.7 Å². The first-order chi connectivity index (χ1) is 19.4. The van der Waals surface area contributed by atoms with Crippen molar-refractivity contribution in [3.05, 3.63) is 108 Å². The quantitative estimate of drug-likeness (QED) is 0.240. The third-order valence-corrected chi connectivity index (χ3v) is 7.72. The highest BCUT2D eigenvalue weighted by Gasteiger charge is 2.26. The summed E-state index contributed by atoms with van der Waals surface area (Å²) in [5.74, 6) is -2.65. The Morgan fingerprint density at radius 1 is 0.850 bits per heavy atom. The van der Waals surface area contributed by atoms with Crippen molar-refractivity contribution in [3.8, 4) is 28.6 Å². The van der Waals surface area contributed by atoms with Crippen LogP contribution in [0.4, 0.5) is 8.78 Å². The number of hydrogen-bond donors (Lipinski definition) is 1. The smallest absolute Gasteiger partial charge is 0.309 e. The van der Waals surface area contributed by atoms with E-state index in [1.54, 1.807) is 0 Å². The number of ether oxygens (including phenoxy) is 2. The van der Waals surface area contributed by atoms with Crippen LogP contribution in [0.3, 0.4) is 0 Å².